The van der Waals surface area contributed by atoms with Crippen molar-refractivity contribution in [2.75, 3.05) is 0 Å². The molecule has 12 heavy (non-hydrogen) atoms. The fraction of sp³-hybridized carbons (Fsp3) is 0.500. The molecule has 0 aliphatic carbocycles. The molecule has 4 heteroatoms. The van der Waals surface area contributed by atoms with Gasteiger partial charge in [-0.1, -0.05) is 12.1 Å². The Morgan fingerprint density at radius 3 is 3.08 bits per heavy atom. The van der Waals surface area contributed by atoms with Crippen LogP contribution in [-0.2, 0) is 4.74 Å². The SMILES string of the molecule is CCC(C)OC(=O)c1ccno1. The summed E-state index contributed by atoms with van der Waals surface area (Å²) in [5.74, 6) is -0.308. The Bertz CT molecular complexity index is 243. The van der Waals surface area contributed by atoms with Gasteiger partial charge in [0.05, 0.1) is 12.3 Å². The van der Waals surface area contributed by atoms with Crippen LogP contribution in [0.4, 0.5) is 0 Å². The molecule has 1 aromatic rings. The van der Waals surface area contributed by atoms with Crippen molar-refractivity contribution < 1.29 is 14.1 Å². The molecule has 0 bridgehead atoms. The minimum atomic E-state index is -0.457. The lowest BCUT2D eigenvalue weighted by Gasteiger charge is -2.07. The molecular weight excluding hydrogens is 158 g/mol. The van der Waals surface area contributed by atoms with Crippen molar-refractivity contribution in [3.63, 3.8) is 0 Å². The Morgan fingerprint density at radius 2 is 2.58 bits per heavy atom. The van der Waals surface area contributed by atoms with Crippen LogP contribution < -0.4 is 0 Å². The van der Waals surface area contributed by atoms with E-state index in [0.717, 1.165) is 6.42 Å². The maximum absolute atomic E-state index is 11.1. The fourth-order valence-electron chi connectivity index (χ4n) is 0.645. The molecule has 0 spiro atoms. The number of aromatic nitrogens is 1. The highest BCUT2D eigenvalue weighted by Gasteiger charge is 2.13. The lowest BCUT2D eigenvalue weighted by molar-refractivity contribution is 0.0288. The molecule has 0 fully saturated rings. The molecule has 0 saturated carbocycles. The summed E-state index contributed by atoms with van der Waals surface area (Å²) < 4.78 is 9.59. The van der Waals surface area contributed by atoms with Crippen LogP contribution in [0.5, 0.6) is 0 Å². The van der Waals surface area contributed by atoms with Crippen LogP contribution in [0.15, 0.2) is 16.8 Å². The first-order valence-electron chi connectivity index (χ1n) is 3.85. The van der Waals surface area contributed by atoms with Crippen molar-refractivity contribution in [3.8, 4) is 0 Å². The van der Waals surface area contributed by atoms with Gasteiger partial charge in [-0.2, -0.15) is 0 Å². The summed E-state index contributed by atoms with van der Waals surface area (Å²) in [6.07, 6.45) is 2.12. The van der Waals surface area contributed by atoms with E-state index in [0.29, 0.717) is 0 Å². The maximum Gasteiger partial charge on any atom is 0.377 e. The van der Waals surface area contributed by atoms with Crippen molar-refractivity contribution in [1.29, 1.82) is 0 Å². The highest BCUT2D eigenvalue weighted by Crippen LogP contribution is 2.04. The quantitative estimate of drug-likeness (QED) is 0.645. The number of nitrogens with zero attached hydrogens (tertiary/aromatic N) is 1. The lowest BCUT2D eigenvalue weighted by Crippen LogP contribution is -2.13. The van der Waals surface area contributed by atoms with Gasteiger partial charge in [0.1, 0.15) is 0 Å². The van der Waals surface area contributed by atoms with Gasteiger partial charge in [0.2, 0.25) is 5.76 Å². The summed E-state index contributed by atoms with van der Waals surface area (Å²) in [5.41, 5.74) is 0. The van der Waals surface area contributed by atoms with Gasteiger partial charge in [0.25, 0.3) is 0 Å². The smallest absolute Gasteiger partial charge is 0.377 e. The van der Waals surface area contributed by atoms with E-state index in [2.05, 4.69) is 9.68 Å². The van der Waals surface area contributed by atoms with Crippen molar-refractivity contribution in [2.45, 2.75) is 26.4 Å². The second kappa shape index (κ2) is 3.90. The van der Waals surface area contributed by atoms with Crippen molar-refractivity contribution >= 4 is 5.97 Å². The summed E-state index contributed by atoms with van der Waals surface area (Å²) in [4.78, 5) is 11.1. The Balaban J connectivity index is 2.50. The Kier molecular flexibility index (Phi) is 2.85. The van der Waals surface area contributed by atoms with E-state index in [1.165, 1.54) is 12.3 Å². The zero-order valence-electron chi connectivity index (χ0n) is 7.11. The third kappa shape index (κ3) is 2.08. The molecule has 1 rings (SSSR count). The molecule has 0 saturated heterocycles. The average molecular weight is 169 g/mol. The normalized spacial score (nSPS) is 12.5. The number of ether oxygens (including phenoxy) is 1. The van der Waals surface area contributed by atoms with Crippen LogP contribution in [0.25, 0.3) is 0 Å². The predicted octanol–water partition coefficient (Wildman–Crippen LogP) is 1.63. The summed E-state index contributed by atoms with van der Waals surface area (Å²) >= 11 is 0. The number of esters is 1. The highest BCUT2D eigenvalue weighted by molar-refractivity contribution is 5.86. The predicted molar refractivity (Wildman–Crippen MR) is 41.7 cm³/mol. The van der Waals surface area contributed by atoms with E-state index < -0.39 is 5.97 Å². The second-order valence-corrected chi connectivity index (χ2v) is 2.50. The standard InChI is InChI=1S/C8H11NO3/c1-3-6(2)11-8(10)7-4-5-9-12-7/h4-6H,3H2,1-2H3. The largest absolute Gasteiger partial charge is 0.457 e. The van der Waals surface area contributed by atoms with Crippen molar-refractivity contribution in [2.24, 2.45) is 0 Å². The van der Waals surface area contributed by atoms with Gasteiger partial charge in [-0.05, 0) is 13.3 Å². The van der Waals surface area contributed by atoms with Crippen LogP contribution in [0.2, 0.25) is 0 Å². The number of rotatable bonds is 3. The van der Waals surface area contributed by atoms with E-state index in [1.807, 2.05) is 13.8 Å². The van der Waals surface area contributed by atoms with Gasteiger partial charge in [-0.3, -0.25) is 0 Å². The molecule has 0 amide bonds. The third-order valence-electron chi connectivity index (χ3n) is 1.52. The Hall–Kier alpha value is -1.32. The van der Waals surface area contributed by atoms with Crippen molar-refractivity contribution in [3.05, 3.63) is 18.0 Å². The van der Waals surface area contributed by atoms with Gasteiger partial charge in [-0.25, -0.2) is 4.79 Å². The zero-order chi connectivity index (χ0) is 8.97. The lowest BCUT2D eigenvalue weighted by atomic mass is 10.3. The first-order valence-corrected chi connectivity index (χ1v) is 3.85. The first kappa shape index (κ1) is 8.77. The topological polar surface area (TPSA) is 52.3 Å². The van der Waals surface area contributed by atoms with Crippen LogP contribution in [-0.4, -0.2) is 17.2 Å². The summed E-state index contributed by atoms with van der Waals surface area (Å²) in [6, 6.07) is 1.48. The van der Waals surface area contributed by atoms with Crippen LogP contribution in [0, 0.1) is 0 Å². The molecule has 1 heterocycles. The minimum absolute atomic E-state index is 0.0809. The van der Waals surface area contributed by atoms with E-state index >= 15 is 0 Å². The van der Waals surface area contributed by atoms with E-state index in [1.54, 1.807) is 0 Å². The molecule has 1 unspecified atom stereocenters. The number of carbonyl (C=O) groups is 1. The Morgan fingerprint density at radius 1 is 1.83 bits per heavy atom. The molecular formula is C8H11NO3. The first-order chi connectivity index (χ1) is 5.74. The monoisotopic (exact) mass is 169 g/mol. The molecule has 1 atom stereocenters. The minimum Gasteiger partial charge on any atom is -0.457 e. The van der Waals surface area contributed by atoms with Gasteiger partial charge >= 0.3 is 5.97 Å². The summed E-state index contributed by atoms with van der Waals surface area (Å²) in [5, 5.41) is 3.40. The van der Waals surface area contributed by atoms with Crippen LogP contribution >= 0.6 is 0 Å². The maximum atomic E-state index is 11.1. The molecule has 1 aromatic heterocycles. The van der Waals surface area contributed by atoms with Gasteiger partial charge in [0, 0.05) is 6.07 Å². The van der Waals surface area contributed by atoms with Crippen LogP contribution in [0.3, 0.4) is 0 Å². The molecule has 0 radical (unpaired) electrons. The Labute approximate surface area is 70.5 Å². The molecule has 4 nitrogen and oxygen atoms in total. The van der Waals surface area contributed by atoms with Gasteiger partial charge in [0.15, 0.2) is 0 Å². The number of hydrogen-bond donors (Lipinski definition) is 0. The van der Waals surface area contributed by atoms with Crippen LogP contribution in [0.1, 0.15) is 30.8 Å². The van der Waals surface area contributed by atoms with Gasteiger partial charge < -0.3 is 9.26 Å². The fourth-order valence-corrected chi connectivity index (χ4v) is 0.645. The summed E-state index contributed by atoms with van der Waals surface area (Å²) in [6.45, 7) is 3.77. The van der Waals surface area contributed by atoms with E-state index in [4.69, 9.17) is 4.74 Å². The average Bonchev–Trinajstić information content (AvgIpc) is 2.56. The van der Waals surface area contributed by atoms with Gasteiger partial charge in [-0.15, -0.1) is 0 Å². The second-order valence-electron chi connectivity index (χ2n) is 2.50. The van der Waals surface area contributed by atoms with Crippen molar-refractivity contribution in [1.82, 2.24) is 5.16 Å². The van der Waals surface area contributed by atoms with E-state index in [-0.39, 0.29) is 11.9 Å². The molecule has 0 N–H and O–H groups in total. The number of carbonyl (C=O) groups excluding carboxylic acids is 1. The molecule has 66 valence electrons. The summed E-state index contributed by atoms with van der Waals surface area (Å²) in [7, 11) is 0. The molecule has 0 aliphatic rings. The zero-order valence-corrected chi connectivity index (χ0v) is 7.11. The highest BCUT2D eigenvalue weighted by atomic mass is 16.6. The third-order valence-corrected chi connectivity index (χ3v) is 1.52. The molecule has 0 aliphatic heterocycles. The number of hydrogen-bond acceptors (Lipinski definition) is 4. The van der Waals surface area contributed by atoms with E-state index in [9.17, 15) is 4.79 Å². The molecule has 0 aromatic carbocycles.